The third-order valence-corrected chi connectivity index (χ3v) is 6.50. The molecule has 2 heterocycles. The molecule has 1 aliphatic heterocycles. The second kappa shape index (κ2) is 10.4. The summed E-state index contributed by atoms with van der Waals surface area (Å²) in [5.74, 6) is -1.38. The second-order valence-corrected chi connectivity index (χ2v) is 8.80. The number of hydrogen-bond donors (Lipinski definition) is 1. The first-order chi connectivity index (χ1) is 16.7. The Labute approximate surface area is 202 Å². The molecule has 12 heteroatoms. The summed E-state index contributed by atoms with van der Waals surface area (Å²) in [7, 11) is 0. The number of aromatic nitrogens is 2. The average molecular weight is 508 g/mol. The fourth-order valence-electron chi connectivity index (χ4n) is 3.67. The molecule has 0 spiro atoms. The van der Waals surface area contributed by atoms with Crippen LogP contribution in [0.5, 0.6) is 0 Å². The van der Waals surface area contributed by atoms with Crippen molar-refractivity contribution in [1.29, 1.82) is 0 Å². The van der Waals surface area contributed by atoms with Crippen LogP contribution in [0.4, 0.5) is 22.7 Å². The number of alkyl halides is 3. The maximum atomic E-state index is 13.3. The van der Waals surface area contributed by atoms with Crippen LogP contribution in [0, 0.1) is 5.82 Å². The first-order valence-electron chi connectivity index (χ1n) is 10.8. The lowest BCUT2D eigenvalue weighted by atomic mass is 10.1. The summed E-state index contributed by atoms with van der Waals surface area (Å²) in [6.45, 7) is 1.47. The minimum atomic E-state index is -4.61. The van der Waals surface area contributed by atoms with Crippen LogP contribution in [-0.2, 0) is 12.6 Å². The molecule has 1 fully saturated rings. The lowest BCUT2D eigenvalue weighted by molar-refractivity contribution is -0.138. The van der Waals surface area contributed by atoms with E-state index in [2.05, 4.69) is 15.5 Å². The fourth-order valence-corrected chi connectivity index (χ4v) is 4.48. The Morgan fingerprint density at radius 3 is 2.34 bits per heavy atom. The van der Waals surface area contributed by atoms with Crippen LogP contribution in [0.2, 0.25) is 0 Å². The Morgan fingerprint density at radius 1 is 0.971 bits per heavy atom. The number of carbonyl (C=O) groups excluding carboxylic acids is 2. The summed E-state index contributed by atoms with van der Waals surface area (Å²) < 4.78 is 52.8. The summed E-state index contributed by atoms with van der Waals surface area (Å²) in [5, 5.41) is 11.4. The molecule has 0 aliphatic carbocycles. The maximum absolute atomic E-state index is 13.3. The third kappa shape index (κ3) is 5.94. The molecule has 2 amide bonds. The van der Waals surface area contributed by atoms with E-state index in [9.17, 15) is 27.2 Å². The van der Waals surface area contributed by atoms with Crippen molar-refractivity contribution in [3.63, 3.8) is 0 Å². The molecule has 1 aromatic heterocycles. The highest BCUT2D eigenvalue weighted by atomic mass is 32.1. The van der Waals surface area contributed by atoms with Gasteiger partial charge in [-0.05, 0) is 36.2 Å². The zero-order chi connectivity index (χ0) is 25.0. The van der Waals surface area contributed by atoms with Crippen LogP contribution < -0.4 is 10.2 Å². The standard InChI is InChI=1S/C23H21F4N5O2S/c24-16-7-5-15(6-8-16)9-10-28-19(33)20-29-30-22(35-20)32-13-11-31(12-14-32)21(34)17-3-1-2-4-18(17)23(25,26)27/h1-8H,9-14H2,(H,28,33). The van der Waals surface area contributed by atoms with Crippen molar-refractivity contribution in [2.75, 3.05) is 37.6 Å². The number of halogens is 4. The van der Waals surface area contributed by atoms with Crippen LogP contribution in [0.15, 0.2) is 48.5 Å². The highest BCUT2D eigenvalue weighted by Crippen LogP contribution is 2.32. The van der Waals surface area contributed by atoms with Gasteiger partial charge in [0.25, 0.3) is 11.8 Å². The van der Waals surface area contributed by atoms with Crippen LogP contribution in [-0.4, -0.2) is 59.6 Å². The van der Waals surface area contributed by atoms with Crippen molar-refractivity contribution in [1.82, 2.24) is 20.4 Å². The Bertz CT molecular complexity index is 1190. The molecular weight excluding hydrogens is 486 g/mol. The van der Waals surface area contributed by atoms with E-state index in [1.807, 2.05) is 4.90 Å². The Balaban J connectivity index is 1.30. The molecule has 0 saturated carbocycles. The van der Waals surface area contributed by atoms with E-state index in [0.717, 1.165) is 23.0 Å². The number of carbonyl (C=O) groups is 2. The van der Waals surface area contributed by atoms with Gasteiger partial charge in [0.1, 0.15) is 5.82 Å². The van der Waals surface area contributed by atoms with E-state index in [0.29, 0.717) is 31.2 Å². The fraction of sp³-hybridized carbons (Fsp3) is 0.304. The summed E-state index contributed by atoms with van der Waals surface area (Å²) in [5.41, 5.74) is -0.439. The molecule has 1 N–H and O–H groups in total. The zero-order valence-electron chi connectivity index (χ0n) is 18.4. The van der Waals surface area contributed by atoms with Gasteiger partial charge in [0.2, 0.25) is 10.1 Å². The number of nitrogens with one attached hydrogen (secondary N) is 1. The zero-order valence-corrected chi connectivity index (χ0v) is 19.2. The monoisotopic (exact) mass is 507 g/mol. The minimum Gasteiger partial charge on any atom is -0.350 e. The topological polar surface area (TPSA) is 78.4 Å². The van der Waals surface area contributed by atoms with E-state index >= 15 is 0 Å². The molecule has 0 atom stereocenters. The van der Waals surface area contributed by atoms with Crippen LogP contribution >= 0.6 is 11.3 Å². The van der Waals surface area contributed by atoms with Crippen molar-refractivity contribution < 1.29 is 27.2 Å². The predicted molar refractivity (Wildman–Crippen MR) is 122 cm³/mol. The molecule has 3 aromatic rings. The van der Waals surface area contributed by atoms with Gasteiger partial charge < -0.3 is 15.1 Å². The Kier molecular flexibility index (Phi) is 7.29. The summed E-state index contributed by atoms with van der Waals surface area (Å²) in [4.78, 5) is 28.3. The predicted octanol–water partition coefficient (Wildman–Crippen LogP) is 3.63. The number of benzene rings is 2. The summed E-state index contributed by atoms with van der Waals surface area (Å²) in [6, 6.07) is 10.8. The van der Waals surface area contributed by atoms with E-state index < -0.39 is 17.6 Å². The van der Waals surface area contributed by atoms with E-state index in [1.165, 1.54) is 35.2 Å². The maximum Gasteiger partial charge on any atom is 0.417 e. The Morgan fingerprint density at radius 2 is 1.66 bits per heavy atom. The molecule has 7 nitrogen and oxygen atoms in total. The van der Waals surface area contributed by atoms with Crippen molar-refractivity contribution >= 4 is 28.3 Å². The molecule has 1 saturated heterocycles. The van der Waals surface area contributed by atoms with Gasteiger partial charge in [0.05, 0.1) is 11.1 Å². The van der Waals surface area contributed by atoms with Gasteiger partial charge in [0, 0.05) is 32.7 Å². The molecule has 0 bridgehead atoms. The van der Waals surface area contributed by atoms with E-state index in [1.54, 1.807) is 12.1 Å². The molecule has 4 rings (SSSR count). The van der Waals surface area contributed by atoms with Crippen molar-refractivity contribution in [3.05, 3.63) is 76.0 Å². The van der Waals surface area contributed by atoms with E-state index in [-0.39, 0.29) is 35.4 Å². The van der Waals surface area contributed by atoms with Gasteiger partial charge in [-0.1, -0.05) is 35.6 Å². The molecule has 184 valence electrons. The summed E-state index contributed by atoms with van der Waals surface area (Å²) >= 11 is 1.10. The molecule has 2 aromatic carbocycles. The number of anilines is 1. The minimum absolute atomic E-state index is 0.178. The van der Waals surface area contributed by atoms with Gasteiger partial charge in [0.15, 0.2) is 0 Å². The molecular formula is C23H21F4N5O2S. The third-order valence-electron chi connectivity index (χ3n) is 5.52. The average Bonchev–Trinajstić information content (AvgIpc) is 3.35. The van der Waals surface area contributed by atoms with Crippen molar-refractivity contribution in [2.24, 2.45) is 0 Å². The van der Waals surface area contributed by atoms with Crippen LogP contribution in [0.25, 0.3) is 0 Å². The quantitative estimate of drug-likeness (QED) is 0.516. The van der Waals surface area contributed by atoms with Crippen LogP contribution in [0.1, 0.15) is 31.3 Å². The van der Waals surface area contributed by atoms with Gasteiger partial charge in [-0.15, -0.1) is 10.2 Å². The van der Waals surface area contributed by atoms with Gasteiger partial charge >= 0.3 is 6.18 Å². The number of piperazine rings is 1. The van der Waals surface area contributed by atoms with Gasteiger partial charge in [-0.3, -0.25) is 9.59 Å². The lowest BCUT2D eigenvalue weighted by Gasteiger charge is -2.34. The normalized spacial score (nSPS) is 14.2. The smallest absolute Gasteiger partial charge is 0.350 e. The first-order valence-corrected chi connectivity index (χ1v) is 11.6. The molecule has 35 heavy (non-hydrogen) atoms. The second-order valence-electron chi connectivity index (χ2n) is 7.84. The molecule has 0 unspecified atom stereocenters. The van der Waals surface area contributed by atoms with Crippen LogP contribution in [0.3, 0.4) is 0 Å². The van der Waals surface area contributed by atoms with Crippen molar-refractivity contribution in [2.45, 2.75) is 12.6 Å². The number of rotatable bonds is 6. The van der Waals surface area contributed by atoms with Gasteiger partial charge in [-0.2, -0.15) is 13.2 Å². The highest BCUT2D eigenvalue weighted by molar-refractivity contribution is 7.17. The largest absolute Gasteiger partial charge is 0.417 e. The lowest BCUT2D eigenvalue weighted by Crippen LogP contribution is -2.49. The van der Waals surface area contributed by atoms with Crippen molar-refractivity contribution in [3.8, 4) is 0 Å². The highest BCUT2D eigenvalue weighted by Gasteiger charge is 2.36. The van der Waals surface area contributed by atoms with Gasteiger partial charge in [-0.25, -0.2) is 4.39 Å². The number of nitrogens with zero attached hydrogens (tertiary/aromatic N) is 4. The SMILES string of the molecule is O=C(NCCc1ccc(F)cc1)c1nnc(N2CCN(C(=O)c3ccccc3C(F)(F)F)CC2)s1. The number of amides is 2. The Hall–Kier alpha value is -3.54. The summed E-state index contributed by atoms with van der Waals surface area (Å²) in [6.07, 6.45) is -4.08. The first kappa shape index (κ1) is 24.6. The molecule has 0 radical (unpaired) electrons. The van der Waals surface area contributed by atoms with E-state index in [4.69, 9.17) is 0 Å². The molecule has 1 aliphatic rings. The number of hydrogen-bond acceptors (Lipinski definition) is 6.